The SMILES string of the molecule is CSc1ccc(OCC(O)(c2ccc3c(cnn3-c3ccccc3)c2)C(F)(F)F)cc1. The van der Waals surface area contributed by atoms with E-state index in [1.807, 2.05) is 36.6 Å². The Bertz CT molecular complexity index is 1180. The van der Waals surface area contributed by atoms with Crippen LogP contribution < -0.4 is 4.74 Å². The highest BCUT2D eigenvalue weighted by molar-refractivity contribution is 7.98. The highest BCUT2D eigenvalue weighted by Crippen LogP contribution is 2.40. The second kappa shape index (κ2) is 8.28. The van der Waals surface area contributed by atoms with Crippen molar-refractivity contribution in [3.8, 4) is 11.4 Å². The number of ether oxygens (including phenoxy) is 1. The third-order valence-electron chi connectivity index (χ3n) is 5.02. The zero-order valence-electron chi connectivity index (χ0n) is 16.5. The highest BCUT2D eigenvalue weighted by atomic mass is 32.2. The van der Waals surface area contributed by atoms with Crippen molar-refractivity contribution in [3.63, 3.8) is 0 Å². The number of aromatic nitrogens is 2. The topological polar surface area (TPSA) is 47.3 Å². The molecule has 3 aromatic carbocycles. The molecule has 0 aliphatic rings. The lowest BCUT2D eigenvalue weighted by Gasteiger charge is -2.31. The molecule has 0 saturated carbocycles. The van der Waals surface area contributed by atoms with Crippen LogP contribution in [0.3, 0.4) is 0 Å². The third-order valence-corrected chi connectivity index (χ3v) is 5.77. The van der Waals surface area contributed by atoms with Gasteiger partial charge in [0, 0.05) is 10.3 Å². The predicted molar refractivity (Wildman–Crippen MR) is 115 cm³/mol. The molecule has 0 amide bonds. The van der Waals surface area contributed by atoms with Gasteiger partial charge in [-0.05, 0) is 60.4 Å². The van der Waals surface area contributed by atoms with E-state index in [0.29, 0.717) is 10.9 Å². The second-order valence-electron chi connectivity index (χ2n) is 6.99. The Kier molecular flexibility index (Phi) is 5.68. The average Bonchev–Trinajstić information content (AvgIpc) is 3.21. The van der Waals surface area contributed by atoms with Crippen LogP contribution in [0.5, 0.6) is 5.75 Å². The van der Waals surface area contributed by atoms with Gasteiger partial charge < -0.3 is 9.84 Å². The fourth-order valence-electron chi connectivity index (χ4n) is 3.25. The maximum absolute atomic E-state index is 13.9. The van der Waals surface area contributed by atoms with Gasteiger partial charge >= 0.3 is 6.18 Å². The second-order valence-corrected chi connectivity index (χ2v) is 7.87. The van der Waals surface area contributed by atoms with Crippen LogP contribution in [0.4, 0.5) is 13.2 Å². The zero-order chi connectivity index (χ0) is 22.1. The molecule has 1 atom stereocenters. The molecule has 4 aromatic rings. The van der Waals surface area contributed by atoms with Crippen molar-refractivity contribution in [2.45, 2.75) is 16.7 Å². The lowest BCUT2D eigenvalue weighted by Crippen LogP contribution is -2.47. The number of fused-ring (bicyclic) bond motifs is 1. The molecule has 1 heterocycles. The fraction of sp³-hybridized carbons (Fsp3) is 0.174. The van der Waals surface area contributed by atoms with Crippen molar-refractivity contribution in [1.29, 1.82) is 0 Å². The number of para-hydroxylation sites is 1. The molecule has 0 fully saturated rings. The average molecular weight is 444 g/mol. The lowest BCUT2D eigenvalue weighted by atomic mass is 9.93. The van der Waals surface area contributed by atoms with Crippen LogP contribution >= 0.6 is 11.8 Å². The number of hydrogen-bond donors (Lipinski definition) is 1. The number of alkyl halides is 3. The summed E-state index contributed by atoms with van der Waals surface area (Å²) >= 11 is 1.51. The molecule has 4 nitrogen and oxygen atoms in total. The molecule has 31 heavy (non-hydrogen) atoms. The molecule has 0 bridgehead atoms. The van der Waals surface area contributed by atoms with E-state index in [4.69, 9.17) is 4.74 Å². The van der Waals surface area contributed by atoms with E-state index in [1.54, 1.807) is 28.9 Å². The van der Waals surface area contributed by atoms with Crippen molar-refractivity contribution < 1.29 is 23.0 Å². The van der Waals surface area contributed by atoms with Gasteiger partial charge in [0.2, 0.25) is 5.60 Å². The Labute approximate surface area is 181 Å². The van der Waals surface area contributed by atoms with E-state index < -0.39 is 18.4 Å². The predicted octanol–water partition coefficient (Wildman–Crippen LogP) is 5.58. The summed E-state index contributed by atoms with van der Waals surface area (Å²) in [5.41, 5.74) is -2.06. The largest absolute Gasteiger partial charge is 0.490 e. The smallest absolute Gasteiger partial charge is 0.424 e. The summed E-state index contributed by atoms with van der Waals surface area (Å²) in [4.78, 5) is 0.958. The monoisotopic (exact) mass is 444 g/mol. The first-order chi connectivity index (χ1) is 14.8. The number of benzene rings is 3. The van der Waals surface area contributed by atoms with E-state index in [2.05, 4.69) is 5.10 Å². The number of aliphatic hydroxyl groups is 1. The Morgan fingerprint density at radius 2 is 1.71 bits per heavy atom. The molecule has 1 unspecified atom stereocenters. The Hall–Kier alpha value is -2.97. The van der Waals surface area contributed by atoms with Gasteiger partial charge in [0.25, 0.3) is 0 Å². The maximum atomic E-state index is 13.9. The molecule has 4 rings (SSSR count). The summed E-state index contributed by atoms with van der Waals surface area (Å²) in [6.45, 7) is -0.965. The summed E-state index contributed by atoms with van der Waals surface area (Å²) < 4.78 is 48.8. The first-order valence-electron chi connectivity index (χ1n) is 9.41. The van der Waals surface area contributed by atoms with Gasteiger partial charge in [0.05, 0.1) is 17.4 Å². The highest BCUT2D eigenvalue weighted by Gasteiger charge is 2.56. The fourth-order valence-corrected chi connectivity index (χ4v) is 3.66. The van der Waals surface area contributed by atoms with E-state index in [-0.39, 0.29) is 11.3 Å². The minimum atomic E-state index is -4.94. The molecular formula is C23H19F3N2O2S. The van der Waals surface area contributed by atoms with Gasteiger partial charge in [0.15, 0.2) is 0 Å². The van der Waals surface area contributed by atoms with Crippen molar-refractivity contribution in [2.24, 2.45) is 0 Å². The molecule has 0 spiro atoms. The minimum Gasteiger partial charge on any atom is -0.490 e. The van der Waals surface area contributed by atoms with Crippen LogP contribution in [-0.2, 0) is 5.60 Å². The summed E-state index contributed by atoms with van der Waals surface area (Å²) in [5, 5.41) is 15.4. The van der Waals surface area contributed by atoms with Gasteiger partial charge in [-0.1, -0.05) is 24.3 Å². The summed E-state index contributed by atoms with van der Waals surface area (Å²) in [6, 6.07) is 20.0. The van der Waals surface area contributed by atoms with Gasteiger partial charge in [-0.25, -0.2) is 4.68 Å². The van der Waals surface area contributed by atoms with Crippen LogP contribution in [-0.4, -0.2) is 33.9 Å². The molecule has 0 aliphatic carbocycles. The maximum Gasteiger partial charge on any atom is 0.424 e. The Morgan fingerprint density at radius 3 is 2.35 bits per heavy atom. The van der Waals surface area contributed by atoms with Crippen LogP contribution in [0.25, 0.3) is 16.6 Å². The third kappa shape index (κ3) is 4.13. The molecule has 0 aliphatic heterocycles. The quantitative estimate of drug-likeness (QED) is 0.395. The molecule has 0 radical (unpaired) electrons. The number of thioether (sulfide) groups is 1. The normalized spacial score (nSPS) is 13.8. The molecular weight excluding hydrogens is 425 g/mol. The van der Waals surface area contributed by atoms with Crippen LogP contribution in [0.2, 0.25) is 0 Å². The van der Waals surface area contributed by atoms with Crippen molar-refractivity contribution in [3.05, 3.63) is 84.6 Å². The molecule has 8 heteroatoms. The zero-order valence-corrected chi connectivity index (χ0v) is 17.3. The van der Waals surface area contributed by atoms with Crippen LogP contribution in [0.1, 0.15) is 5.56 Å². The van der Waals surface area contributed by atoms with Crippen LogP contribution in [0.15, 0.2) is 83.9 Å². The van der Waals surface area contributed by atoms with Crippen molar-refractivity contribution >= 4 is 22.7 Å². The van der Waals surface area contributed by atoms with E-state index in [0.717, 1.165) is 10.6 Å². The lowest BCUT2D eigenvalue weighted by molar-refractivity contribution is -0.275. The number of hydrogen-bond acceptors (Lipinski definition) is 4. The van der Waals surface area contributed by atoms with Crippen LogP contribution in [0, 0.1) is 0 Å². The first-order valence-corrected chi connectivity index (χ1v) is 10.6. The summed E-state index contributed by atoms with van der Waals surface area (Å²) in [7, 11) is 0. The Balaban J connectivity index is 1.67. The minimum absolute atomic E-state index is 0.249. The summed E-state index contributed by atoms with van der Waals surface area (Å²) in [5.74, 6) is 0.249. The van der Waals surface area contributed by atoms with Gasteiger partial charge in [-0.3, -0.25) is 0 Å². The number of nitrogens with zero attached hydrogens (tertiary/aromatic N) is 2. The molecule has 0 saturated heterocycles. The Morgan fingerprint density at radius 1 is 1.00 bits per heavy atom. The summed E-state index contributed by atoms with van der Waals surface area (Å²) in [6.07, 6.45) is -1.56. The molecule has 160 valence electrons. The van der Waals surface area contributed by atoms with Crippen molar-refractivity contribution in [1.82, 2.24) is 9.78 Å². The van der Waals surface area contributed by atoms with Gasteiger partial charge in [0.1, 0.15) is 12.4 Å². The van der Waals surface area contributed by atoms with E-state index in [1.165, 1.54) is 36.2 Å². The first kappa shape index (κ1) is 21.3. The van der Waals surface area contributed by atoms with E-state index in [9.17, 15) is 18.3 Å². The van der Waals surface area contributed by atoms with Crippen molar-refractivity contribution in [2.75, 3.05) is 12.9 Å². The number of rotatable bonds is 6. The molecule has 1 aromatic heterocycles. The van der Waals surface area contributed by atoms with E-state index >= 15 is 0 Å². The van der Waals surface area contributed by atoms with Gasteiger partial charge in [-0.15, -0.1) is 11.8 Å². The molecule has 1 N–H and O–H groups in total. The number of halogens is 3. The van der Waals surface area contributed by atoms with Gasteiger partial charge in [-0.2, -0.15) is 18.3 Å². The standard InChI is InChI=1S/C23H19F3N2O2S/c1-31-20-10-8-19(9-11-20)30-15-22(29,23(24,25)26)17-7-12-21-16(13-17)14-27-28(21)18-5-3-2-4-6-18/h2-14,29H,15H2,1H3.